The van der Waals surface area contributed by atoms with Gasteiger partial charge in [0.1, 0.15) is 5.69 Å². The topological polar surface area (TPSA) is 58.1 Å². The normalized spacial score (nSPS) is 14.6. The molecule has 1 fully saturated rings. The molecular weight excluding hydrogens is 288 g/mol. The van der Waals surface area contributed by atoms with Gasteiger partial charge in [0.05, 0.1) is 0 Å². The van der Waals surface area contributed by atoms with Gasteiger partial charge in [-0.15, -0.1) is 0 Å². The van der Waals surface area contributed by atoms with Crippen molar-refractivity contribution < 1.29 is 4.79 Å². The molecular formula is C18H22N4O. The Balaban J connectivity index is 1.80. The van der Waals surface area contributed by atoms with E-state index in [1.165, 1.54) is 12.0 Å². The summed E-state index contributed by atoms with van der Waals surface area (Å²) in [6, 6.07) is 9.77. The molecule has 0 radical (unpaired) electrons. The van der Waals surface area contributed by atoms with Crippen molar-refractivity contribution in [2.24, 2.45) is 0 Å². The molecule has 1 saturated heterocycles. The maximum atomic E-state index is 12.6. The number of nitrogens with zero attached hydrogens (tertiary/aromatic N) is 3. The second-order valence-electron chi connectivity index (χ2n) is 6.06. The number of carbonyl (C=O) groups is 1. The predicted molar refractivity (Wildman–Crippen MR) is 91.0 cm³/mol. The van der Waals surface area contributed by atoms with E-state index in [0.717, 1.165) is 37.3 Å². The molecule has 1 aliphatic heterocycles. The van der Waals surface area contributed by atoms with Crippen molar-refractivity contribution >= 4 is 17.5 Å². The zero-order valence-corrected chi connectivity index (χ0v) is 13.7. The third kappa shape index (κ3) is 3.86. The maximum absolute atomic E-state index is 12.6. The van der Waals surface area contributed by atoms with Crippen LogP contribution in [0.15, 0.2) is 30.3 Å². The van der Waals surface area contributed by atoms with Gasteiger partial charge in [0.2, 0.25) is 5.95 Å². The van der Waals surface area contributed by atoms with Crippen molar-refractivity contribution in [2.45, 2.75) is 33.1 Å². The fraction of sp³-hybridized carbons (Fsp3) is 0.389. The summed E-state index contributed by atoms with van der Waals surface area (Å²) in [6.07, 6.45) is 3.35. The minimum absolute atomic E-state index is 0.00200. The van der Waals surface area contributed by atoms with Crippen molar-refractivity contribution in [3.8, 4) is 0 Å². The van der Waals surface area contributed by atoms with Crippen LogP contribution in [0.25, 0.3) is 0 Å². The first-order chi connectivity index (χ1) is 11.1. The van der Waals surface area contributed by atoms with Crippen molar-refractivity contribution in [2.75, 3.05) is 18.4 Å². The summed E-state index contributed by atoms with van der Waals surface area (Å²) in [4.78, 5) is 23.3. The number of rotatable bonds is 3. The molecule has 1 amide bonds. The highest BCUT2D eigenvalue weighted by Gasteiger charge is 2.20. The number of aryl methyl sites for hydroxylation is 2. The summed E-state index contributed by atoms with van der Waals surface area (Å²) in [5, 5.41) is 3.18. The minimum atomic E-state index is 0.00200. The zero-order valence-electron chi connectivity index (χ0n) is 13.7. The molecule has 23 heavy (non-hydrogen) atoms. The van der Waals surface area contributed by atoms with Crippen LogP contribution in [0.4, 0.5) is 11.6 Å². The fourth-order valence-corrected chi connectivity index (χ4v) is 2.76. The summed E-state index contributed by atoms with van der Waals surface area (Å²) in [6.45, 7) is 5.57. The Morgan fingerprint density at radius 1 is 1.04 bits per heavy atom. The van der Waals surface area contributed by atoms with Crippen LogP contribution < -0.4 is 5.32 Å². The molecule has 120 valence electrons. The van der Waals surface area contributed by atoms with E-state index in [1.54, 1.807) is 6.07 Å². The van der Waals surface area contributed by atoms with E-state index in [-0.39, 0.29) is 5.91 Å². The first-order valence-corrected chi connectivity index (χ1v) is 8.10. The van der Waals surface area contributed by atoms with E-state index in [4.69, 9.17) is 0 Å². The zero-order chi connectivity index (χ0) is 16.2. The monoisotopic (exact) mass is 310 g/mol. The average molecular weight is 310 g/mol. The number of hydrogen-bond donors (Lipinski definition) is 1. The Hall–Kier alpha value is -2.43. The number of likely N-dealkylation sites (tertiary alicyclic amines) is 1. The second-order valence-corrected chi connectivity index (χ2v) is 6.06. The van der Waals surface area contributed by atoms with Gasteiger partial charge < -0.3 is 10.2 Å². The largest absolute Gasteiger partial charge is 0.337 e. The Bertz CT molecular complexity index is 691. The standard InChI is InChI=1S/C18H22N4O/c1-13-6-8-15(9-7-13)20-18-19-14(2)12-16(21-18)17(23)22-10-4-3-5-11-22/h6-9,12H,3-5,10-11H2,1-2H3,(H,19,20,21). The Morgan fingerprint density at radius 3 is 2.43 bits per heavy atom. The number of carbonyl (C=O) groups excluding carboxylic acids is 1. The Morgan fingerprint density at radius 2 is 1.74 bits per heavy atom. The van der Waals surface area contributed by atoms with Crippen molar-refractivity contribution in [3.63, 3.8) is 0 Å². The lowest BCUT2D eigenvalue weighted by molar-refractivity contribution is 0.0718. The number of hydrogen-bond acceptors (Lipinski definition) is 4. The highest BCUT2D eigenvalue weighted by atomic mass is 16.2. The van der Waals surface area contributed by atoms with E-state index >= 15 is 0 Å². The molecule has 2 aromatic rings. The summed E-state index contributed by atoms with van der Waals surface area (Å²) >= 11 is 0. The summed E-state index contributed by atoms with van der Waals surface area (Å²) < 4.78 is 0. The molecule has 0 bridgehead atoms. The summed E-state index contributed by atoms with van der Waals surface area (Å²) in [5.74, 6) is 0.469. The van der Waals surface area contributed by atoms with Crippen LogP contribution in [0.1, 0.15) is 41.0 Å². The van der Waals surface area contributed by atoms with Gasteiger partial charge in [0, 0.05) is 24.5 Å². The molecule has 5 heteroatoms. The lowest BCUT2D eigenvalue weighted by Gasteiger charge is -2.26. The van der Waals surface area contributed by atoms with Crippen LogP contribution in [-0.2, 0) is 0 Å². The number of aromatic nitrogens is 2. The molecule has 0 aliphatic carbocycles. The Labute approximate surface area is 136 Å². The van der Waals surface area contributed by atoms with Crippen molar-refractivity contribution in [3.05, 3.63) is 47.3 Å². The van der Waals surface area contributed by atoms with Gasteiger partial charge in [-0.3, -0.25) is 4.79 Å². The van der Waals surface area contributed by atoms with Crippen molar-refractivity contribution in [1.82, 2.24) is 14.9 Å². The van der Waals surface area contributed by atoms with Crippen LogP contribution in [0.3, 0.4) is 0 Å². The second kappa shape index (κ2) is 6.77. The Kier molecular flexibility index (Phi) is 4.55. The summed E-state index contributed by atoms with van der Waals surface area (Å²) in [7, 11) is 0. The molecule has 0 atom stereocenters. The lowest BCUT2D eigenvalue weighted by Crippen LogP contribution is -2.36. The van der Waals surface area contributed by atoms with E-state index in [2.05, 4.69) is 15.3 Å². The molecule has 0 saturated carbocycles. The predicted octanol–water partition coefficient (Wildman–Crippen LogP) is 3.46. The summed E-state index contributed by atoms with van der Waals surface area (Å²) in [5.41, 5.74) is 3.36. The van der Waals surface area contributed by atoms with Crippen LogP contribution in [0, 0.1) is 13.8 Å². The molecule has 1 aromatic carbocycles. The molecule has 5 nitrogen and oxygen atoms in total. The SMILES string of the molecule is Cc1ccc(Nc2nc(C)cc(C(=O)N3CCCCC3)n2)cc1. The third-order valence-corrected chi connectivity index (χ3v) is 4.02. The molecule has 1 aromatic heterocycles. The molecule has 1 aliphatic rings. The number of benzene rings is 1. The highest BCUT2D eigenvalue weighted by molar-refractivity contribution is 5.92. The fourth-order valence-electron chi connectivity index (χ4n) is 2.76. The van der Waals surface area contributed by atoms with Gasteiger partial charge in [-0.2, -0.15) is 0 Å². The minimum Gasteiger partial charge on any atom is -0.337 e. The third-order valence-electron chi connectivity index (χ3n) is 4.02. The molecule has 0 unspecified atom stereocenters. The number of anilines is 2. The van der Waals surface area contributed by atoms with Crippen molar-refractivity contribution in [1.29, 1.82) is 0 Å². The number of nitrogens with one attached hydrogen (secondary N) is 1. The van der Waals surface area contributed by atoms with Gasteiger partial charge in [-0.05, 0) is 51.3 Å². The highest BCUT2D eigenvalue weighted by Crippen LogP contribution is 2.17. The van der Waals surface area contributed by atoms with Crippen LogP contribution in [0.2, 0.25) is 0 Å². The number of amides is 1. The van der Waals surface area contributed by atoms with Gasteiger partial charge in [-0.1, -0.05) is 17.7 Å². The van der Waals surface area contributed by atoms with E-state index in [1.807, 2.05) is 43.0 Å². The number of piperidine rings is 1. The molecule has 3 rings (SSSR count). The van der Waals surface area contributed by atoms with E-state index in [0.29, 0.717) is 11.6 Å². The van der Waals surface area contributed by atoms with Gasteiger partial charge in [0.25, 0.3) is 5.91 Å². The maximum Gasteiger partial charge on any atom is 0.272 e. The van der Waals surface area contributed by atoms with Crippen LogP contribution >= 0.6 is 0 Å². The van der Waals surface area contributed by atoms with Gasteiger partial charge >= 0.3 is 0 Å². The quantitative estimate of drug-likeness (QED) is 0.943. The van der Waals surface area contributed by atoms with Gasteiger partial charge in [-0.25, -0.2) is 9.97 Å². The average Bonchev–Trinajstić information content (AvgIpc) is 2.56. The van der Waals surface area contributed by atoms with E-state index in [9.17, 15) is 4.79 Å². The first kappa shape index (κ1) is 15.5. The lowest BCUT2D eigenvalue weighted by atomic mass is 10.1. The molecule has 0 spiro atoms. The van der Waals surface area contributed by atoms with Gasteiger partial charge in [0.15, 0.2) is 0 Å². The van der Waals surface area contributed by atoms with Crippen LogP contribution in [-0.4, -0.2) is 33.9 Å². The van der Waals surface area contributed by atoms with E-state index < -0.39 is 0 Å². The molecule has 1 N–H and O–H groups in total. The first-order valence-electron chi connectivity index (χ1n) is 8.10. The van der Waals surface area contributed by atoms with Crippen LogP contribution in [0.5, 0.6) is 0 Å². The smallest absolute Gasteiger partial charge is 0.272 e. The molecule has 2 heterocycles.